The molecule has 0 aliphatic carbocycles. The summed E-state index contributed by atoms with van der Waals surface area (Å²) in [7, 11) is 0. The summed E-state index contributed by atoms with van der Waals surface area (Å²) in [5, 5.41) is 0. The van der Waals surface area contributed by atoms with E-state index in [1.54, 1.807) is 6.92 Å². The standard InChI is InChI=1S/C15H14FNO4/c1-2-21-14(19)9-17-13(18)8-11(15(17)20)7-10-3-5-12(16)6-4-10/h3-7H,2,8-9H2,1H3/b11-7+. The highest BCUT2D eigenvalue weighted by atomic mass is 19.1. The SMILES string of the molecule is CCOC(=O)CN1C(=O)C/C(=C\c2ccc(F)cc2)C1=O. The van der Waals surface area contributed by atoms with Crippen molar-refractivity contribution in [3.8, 4) is 0 Å². The summed E-state index contributed by atoms with van der Waals surface area (Å²) in [5.74, 6) is -1.96. The molecular formula is C15H14FNO4. The van der Waals surface area contributed by atoms with Gasteiger partial charge in [0, 0.05) is 5.57 Å². The van der Waals surface area contributed by atoms with Gasteiger partial charge in [-0.25, -0.2) is 4.39 Å². The Balaban J connectivity index is 2.13. The van der Waals surface area contributed by atoms with Crippen molar-refractivity contribution < 1.29 is 23.5 Å². The van der Waals surface area contributed by atoms with Crippen LogP contribution in [0.4, 0.5) is 4.39 Å². The zero-order chi connectivity index (χ0) is 15.4. The van der Waals surface area contributed by atoms with Gasteiger partial charge in [-0.2, -0.15) is 0 Å². The van der Waals surface area contributed by atoms with Gasteiger partial charge >= 0.3 is 5.97 Å². The molecule has 2 amide bonds. The second kappa shape index (κ2) is 6.30. The lowest BCUT2D eigenvalue weighted by atomic mass is 10.1. The maximum absolute atomic E-state index is 12.8. The summed E-state index contributed by atoms with van der Waals surface area (Å²) < 4.78 is 17.5. The first-order valence-electron chi connectivity index (χ1n) is 6.47. The van der Waals surface area contributed by atoms with Crippen LogP contribution in [0.5, 0.6) is 0 Å². The fourth-order valence-corrected chi connectivity index (χ4v) is 1.99. The highest BCUT2D eigenvalue weighted by Gasteiger charge is 2.35. The number of nitrogens with zero attached hydrogens (tertiary/aromatic N) is 1. The molecule has 1 aromatic carbocycles. The number of hydrogen-bond acceptors (Lipinski definition) is 4. The van der Waals surface area contributed by atoms with Gasteiger partial charge in [0.05, 0.1) is 13.0 Å². The Hall–Kier alpha value is -2.50. The normalized spacial score (nSPS) is 16.7. The first kappa shape index (κ1) is 14.9. The Morgan fingerprint density at radius 1 is 1.33 bits per heavy atom. The highest BCUT2D eigenvalue weighted by Crippen LogP contribution is 2.21. The van der Waals surface area contributed by atoms with Crippen molar-refractivity contribution in [3.63, 3.8) is 0 Å². The maximum atomic E-state index is 12.8. The summed E-state index contributed by atoms with van der Waals surface area (Å²) >= 11 is 0. The number of likely N-dealkylation sites (tertiary alicyclic amines) is 1. The van der Waals surface area contributed by atoms with Crippen LogP contribution in [0.25, 0.3) is 6.08 Å². The number of carbonyl (C=O) groups excluding carboxylic acids is 3. The molecule has 0 spiro atoms. The van der Waals surface area contributed by atoms with Crippen LogP contribution in [0.3, 0.4) is 0 Å². The summed E-state index contributed by atoms with van der Waals surface area (Å²) in [5.41, 5.74) is 0.890. The minimum Gasteiger partial charge on any atom is -0.465 e. The molecule has 1 aromatic rings. The van der Waals surface area contributed by atoms with Crippen LogP contribution in [0.2, 0.25) is 0 Å². The molecule has 0 atom stereocenters. The lowest BCUT2D eigenvalue weighted by Crippen LogP contribution is -2.35. The number of carbonyl (C=O) groups is 3. The number of halogens is 1. The Kier molecular flexibility index (Phi) is 4.47. The molecule has 2 rings (SSSR count). The molecule has 21 heavy (non-hydrogen) atoms. The molecule has 0 unspecified atom stereocenters. The predicted molar refractivity (Wildman–Crippen MR) is 72.3 cm³/mol. The first-order chi connectivity index (χ1) is 10.0. The Morgan fingerprint density at radius 3 is 2.62 bits per heavy atom. The quantitative estimate of drug-likeness (QED) is 0.479. The number of rotatable bonds is 4. The van der Waals surface area contributed by atoms with Crippen molar-refractivity contribution in [1.82, 2.24) is 4.90 Å². The largest absolute Gasteiger partial charge is 0.465 e. The molecule has 1 fully saturated rings. The van der Waals surface area contributed by atoms with Gasteiger partial charge in [0.15, 0.2) is 0 Å². The summed E-state index contributed by atoms with van der Waals surface area (Å²) in [6.45, 7) is 1.45. The van der Waals surface area contributed by atoms with Gasteiger partial charge in [0.25, 0.3) is 5.91 Å². The molecule has 0 saturated carbocycles. The number of ether oxygens (including phenoxy) is 1. The van der Waals surface area contributed by atoms with E-state index in [9.17, 15) is 18.8 Å². The van der Waals surface area contributed by atoms with Crippen molar-refractivity contribution in [3.05, 3.63) is 41.2 Å². The molecule has 1 aliphatic rings. The number of benzene rings is 1. The second-order valence-corrected chi connectivity index (χ2v) is 4.49. The number of esters is 1. The van der Waals surface area contributed by atoms with E-state index in [0.717, 1.165) is 4.90 Å². The third-order valence-electron chi connectivity index (χ3n) is 2.97. The number of imide groups is 1. The van der Waals surface area contributed by atoms with Crippen LogP contribution < -0.4 is 0 Å². The predicted octanol–water partition coefficient (Wildman–Crippen LogP) is 1.53. The van der Waals surface area contributed by atoms with E-state index in [1.807, 2.05) is 0 Å². The van der Waals surface area contributed by atoms with Crippen molar-refractivity contribution in [2.75, 3.05) is 13.2 Å². The second-order valence-electron chi connectivity index (χ2n) is 4.49. The van der Waals surface area contributed by atoms with Crippen molar-refractivity contribution in [1.29, 1.82) is 0 Å². The zero-order valence-corrected chi connectivity index (χ0v) is 11.5. The van der Waals surface area contributed by atoms with E-state index in [4.69, 9.17) is 4.74 Å². The summed E-state index contributed by atoms with van der Waals surface area (Å²) in [4.78, 5) is 36.1. The monoisotopic (exact) mass is 291 g/mol. The summed E-state index contributed by atoms with van der Waals surface area (Å²) in [6, 6.07) is 5.55. The molecule has 1 aliphatic heterocycles. The first-order valence-corrected chi connectivity index (χ1v) is 6.47. The van der Waals surface area contributed by atoms with Crippen LogP contribution in [-0.4, -0.2) is 35.8 Å². The van der Waals surface area contributed by atoms with Gasteiger partial charge in [-0.1, -0.05) is 12.1 Å². The molecule has 0 bridgehead atoms. The maximum Gasteiger partial charge on any atom is 0.326 e. The molecular weight excluding hydrogens is 277 g/mol. The smallest absolute Gasteiger partial charge is 0.326 e. The third kappa shape index (κ3) is 3.53. The van der Waals surface area contributed by atoms with E-state index >= 15 is 0 Å². The average Bonchev–Trinajstić information content (AvgIpc) is 2.69. The van der Waals surface area contributed by atoms with Crippen LogP contribution in [0, 0.1) is 5.82 Å². The van der Waals surface area contributed by atoms with Gasteiger partial charge in [-0.3, -0.25) is 19.3 Å². The highest BCUT2D eigenvalue weighted by molar-refractivity contribution is 6.16. The Morgan fingerprint density at radius 2 is 2.00 bits per heavy atom. The molecule has 6 heteroatoms. The lowest BCUT2D eigenvalue weighted by molar-refractivity contribution is -0.151. The van der Waals surface area contributed by atoms with Crippen LogP contribution in [0.1, 0.15) is 18.9 Å². The van der Waals surface area contributed by atoms with Crippen LogP contribution in [-0.2, 0) is 19.1 Å². The minimum atomic E-state index is -0.623. The molecule has 0 N–H and O–H groups in total. The topological polar surface area (TPSA) is 63.7 Å². The van der Waals surface area contributed by atoms with Crippen LogP contribution >= 0.6 is 0 Å². The zero-order valence-electron chi connectivity index (χ0n) is 11.5. The van der Waals surface area contributed by atoms with Crippen LogP contribution in [0.15, 0.2) is 29.8 Å². The number of amides is 2. The molecule has 1 heterocycles. The molecule has 110 valence electrons. The van der Waals surface area contributed by atoms with E-state index in [2.05, 4.69) is 0 Å². The molecule has 0 aromatic heterocycles. The molecule has 0 radical (unpaired) electrons. The fraction of sp³-hybridized carbons (Fsp3) is 0.267. The van der Waals surface area contributed by atoms with Gasteiger partial charge < -0.3 is 4.74 Å². The van der Waals surface area contributed by atoms with E-state index in [0.29, 0.717) is 5.56 Å². The van der Waals surface area contributed by atoms with Gasteiger partial charge in [-0.15, -0.1) is 0 Å². The van der Waals surface area contributed by atoms with Gasteiger partial charge in [-0.05, 0) is 30.7 Å². The Bertz CT molecular complexity index is 607. The Labute approximate surface area is 121 Å². The average molecular weight is 291 g/mol. The van der Waals surface area contributed by atoms with E-state index < -0.39 is 17.8 Å². The van der Waals surface area contributed by atoms with Gasteiger partial charge in [0.2, 0.25) is 5.91 Å². The molecule has 1 saturated heterocycles. The van der Waals surface area contributed by atoms with Gasteiger partial charge in [0.1, 0.15) is 12.4 Å². The fourth-order valence-electron chi connectivity index (χ4n) is 1.99. The summed E-state index contributed by atoms with van der Waals surface area (Å²) in [6.07, 6.45) is 1.44. The van der Waals surface area contributed by atoms with E-state index in [-0.39, 0.29) is 31.0 Å². The lowest BCUT2D eigenvalue weighted by Gasteiger charge is -2.11. The third-order valence-corrected chi connectivity index (χ3v) is 2.97. The van der Waals surface area contributed by atoms with Crippen molar-refractivity contribution in [2.45, 2.75) is 13.3 Å². The van der Waals surface area contributed by atoms with Crippen molar-refractivity contribution in [2.24, 2.45) is 0 Å². The molecule has 5 nitrogen and oxygen atoms in total. The minimum absolute atomic E-state index is 0.0738. The number of hydrogen-bond donors (Lipinski definition) is 0. The van der Waals surface area contributed by atoms with E-state index in [1.165, 1.54) is 30.3 Å². The van der Waals surface area contributed by atoms with Crippen molar-refractivity contribution >= 4 is 23.9 Å².